The molecule has 1 unspecified atom stereocenters. The van der Waals surface area contributed by atoms with Gasteiger partial charge in [0, 0.05) is 18.7 Å². The van der Waals surface area contributed by atoms with Gasteiger partial charge in [0.1, 0.15) is 11.6 Å². The standard InChI is InChI=1S/C14H27N5/c1-5-8-16-12-9-13(19-14(15)18-12)17-10(4)11(6-2)7-3/h9-11H,5-8H2,1-4H3,(H4,15,16,17,18,19). The Labute approximate surface area is 116 Å². The van der Waals surface area contributed by atoms with Crippen LogP contribution in [0.4, 0.5) is 17.6 Å². The van der Waals surface area contributed by atoms with E-state index in [9.17, 15) is 0 Å². The molecule has 0 amide bonds. The summed E-state index contributed by atoms with van der Waals surface area (Å²) in [7, 11) is 0. The molecular formula is C14H27N5. The molecule has 5 nitrogen and oxygen atoms in total. The fraction of sp³-hybridized carbons (Fsp3) is 0.714. The predicted molar refractivity (Wildman–Crippen MR) is 82.4 cm³/mol. The fourth-order valence-corrected chi connectivity index (χ4v) is 2.23. The Morgan fingerprint density at radius 2 is 1.79 bits per heavy atom. The molecular weight excluding hydrogens is 238 g/mol. The largest absolute Gasteiger partial charge is 0.370 e. The number of hydrogen-bond donors (Lipinski definition) is 3. The molecule has 1 atom stereocenters. The van der Waals surface area contributed by atoms with Gasteiger partial charge in [0.2, 0.25) is 5.95 Å². The molecule has 1 rings (SSSR count). The summed E-state index contributed by atoms with van der Waals surface area (Å²) in [6.45, 7) is 9.63. The van der Waals surface area contributed by atoms with Crippen molar-refractivity contribution >= 4 is 17.6 Å². The van der Waals surface area contributed by atoms with Gasteiger partial charge in [-0.15, -0.1) is 0 Å². The zero-order valence-corrected chi connectivity index (χ0v) is 12.5. The van der Waals surface area contributed by atoms with E-state index in [1.54, 1.807) is 0 Å². The van der Waals surface area contributed by atoms with E-state index in [2.05, 4.69) is 48.3 Å². The Balaban J connectivity index is 2.74. The zero-order chi connectivity index (χ0) is 14.3. The highest BCUT2D eigenvalue weighted by molar-refractivity contribution is 5.51. The molecule has 0 aliphatic rings. The number of nitrogens with one attached hydrogen (secondary N) is 2. The average molecular weight is 265 g/mol. The summed E-state index contributed by atoms with van der Waals surface area (Å²) in [5, 5.41) is 6.67. The first-order valence-corrected chi connectivity index (χ1v) is 7.25. The topological polar surface area (TPSA) is 75.9 Å². The summed E-state index contributed by atoms with van der Waals surface area (Å²) in [6, 6.07) is 2.30. The van der Waals surface area contributed by atoms with E-state index in [0.29, 0.717) is 17.9 Å². The summed E-state index contributed by atoms with van der Waals surface area (Å²) >= 11 is 0. The van der Waals surface area contributed by atoms with Crippen molar-refractivity contribution < 1.29 is 0 Å². The van der Waals surface area contributed by atoms with E-state index >= 15 is 0 Å². The van der Waals surface area contributed by atoms with Crippen molar-refractivity contribution in [2.75, 3.05) is 22.9 Å². The van der Waals surface area contributed by atoms with E-state index in [1.807, 2.05) is 6.07 Å². The molecule has 0 aliphatic carbocycles. The minimum Gasteiger partial charge on any atom is -0.370 e. The van der Waals surface area contributed by atoms with Gasteiger partial charge in [-0.2, -0.15) is 9.97 Å². The molecule has 0 aliphatic heterocycles. The molecule has 0 saturated heterocycles. The number of nitrogen functional groups attached to an aromatic ring is 1. The molecule has 0 saturated carbocycles. The molecule has 1 aromatic heterocycles. The summed E-state index contributed by atoms with van der Waals surface area (Å²) in [5.41, 5.74) is 5.75. The number of nitrogens with zero attached hydrogens (tertiary/aromatic N) is 2. The van der Waals surface area contributed by atoms with E-state index in [-0.39, 0.29) is 0 Å². The molecule has 5 heteroatoms. The van der Waals surface area contributed by atoms with Crippen LogP contribution in [0.5, 0.6) is 0 Å². The van der Waals surface area contributed by atoms with Crippen molar-refractivity contribution in [2.24, 2.45) is 5.92 Å². The Kier molecular flexibility index (Phi) is 6.39. The van der Waals surface area contributed by atoms with Crippen molar-refractivity contribution in [1.82, 2.24) is 9.97 Å². The fourth-order valence-electron chi connectivity index (χ4n) is 2.23. The molecule has 0 radical (unpaired) electrons. The van der Waals surface area contributed by atoms with Crippen LogP contribution in [0.2, 0.25) is 0 Å². The summed E-state index contributed by atoms with van der Waals surface area (Å²) in [4.78, 5) is 8.43. The molecule has 0 fully saturated rings. The van der Waals surface area contributed by atoms with Gasteiger partial charge in [-0.1, -0.05) is 33.6 Å². The average Bonchev–Trinajstić information content (AvgIpc) is 2.37. The Bertz CT molecular complexity index is 376. The lowest BCUT2D eigenvalue weighted by Crippen LogP contribution is -2.25. The SMILES string of the molecule is CCCNc1cc(NC(C)C(CC)CC)nc(N)n1. The van der Waals surface area contributed by atoms with Crippen molar-refractivity contribution in [3.05, 3.63) is 6.07 Å². The molecule has 0 spiro atoms. The van der Waals surface area contributed by atoms with Crippen LogP contribution >= 0.6 is 0 Å². The lowest BCUT2D eigenvalue weighted by atomic mass is 9.95. The monoisotopic (exact) mass is 265 g/mol. The molecule has 19 heavy (non-hydrogen) atoms. The van der Waals surface area contributed by atoms with Crippen molar-refractivity contribution in [3.8, 4) is 0 Å². The van der Waals surface area contributed by atoms with Crippen LogP contribution in [0.15, 0.2) is 6.07 Å². The molecule has 1 aromatic rings. The number of anilines is 3. The van der Waals surface area contributed by atoms with Crippen LogP contribution in [0.3, 0.4) is 0 Å². The van der Waals surface area contributed by atoms with Gasteiger partial charge in [-0.25, -0.2) is 0 Å². The Morgan fingerprint density at radius 3 is 2.37 bits per heavy atom. The lowest BCUT2D eigenvalue weighted by molar-refractivity contribution is 0.437. The molecule has 0 bridgehead atoms. The normalized spacial score (nSPS) is 12.5. The minimum atomic E-state index is 0.306. The molecule has 108 valence electrons. The first-order chi connectivity index (χ1) is 9.10. The van der Waals surface area contributed by atoms with Gasteiger partial charge >= 0.3 is 0 Å². The van der Waals surface area contributed by atoms with Crippen LogP contribution in [0, 0.1) is 5.92 Å². The van der Waals surface area contributed by atoms with Crippen LogP contribution in [-0.2, 0) is 0 Å². The lowest BCUT2D eigenvalue weighted by Gasteiger charge is -2.23. The quantitative estimate of drug-likeness (QED) is 0.673. The Hall–Kier alpha value is -1.52. The number of rotatable bonds is 8. The van der Waals surface area contributed by atoms with Gasteiger partial charge in [-0.3, -0.25) is 0 Å². The third kappa shape index (κ3) is 4.93. The maximum atomic E-state index is 5.75. The summed E-state index contributed by atoms with van der Waals surface area (Å²) in [6.07, 6.45) is 3.37. The van der Waals surface area contributed by atoms with E-state index in [0.717, 1.165) is 37.4 Å². The second-order valence-electron chi connectivity index (χ2n) is 4.93. The van der Waals surface area contributed by atoms with Crippen LogP contribution in [0.1, 0.15) is 47.0 Å². The first-order valence-electron chi connectivity index (χ1n) is 7.25. The van der Waals surface area contributed by atoms with Crippen molar-refractivity contribution in [2.45, 2.75) is 53.0 Å². The zero-order valence-electron chi connectivity index (χ0n) is 12.5. The van der Waals surface area contributed by atoms with Gasteiger partial charge in [0.15, 0.2) is 0 Å². The minimum absolute atomic E-state index is 0.306. The highest BCUT2D eigenvalue weighted by Gasteiger charge is 2.14. The maximum Gasteiger partial charge on any atom is 0.223 e. The van der Waals surface area contributed by atoms with E-state index in [4.69, 9.17) is 5.73 Å². The molecule has 1 heterocycles. The first kappa shape index (κ1) is 15.5. The second-order valence-corrected chi connectivity index (χ2v) is 4.93. The third-order valence-electron chi connectivity index (χ3n) is 3.43. The maximum absolute atomic E-state index is 5.75. The smallest absolute Gasteiger partial charge is 0.223 e. The van der Waals surface area contributed by atoms with Gasteiger partial charge in [0.05, 0.1) is 0 Å². The highest BCUT2D eigenvalue weighted by atomic mass is 15.1. The van der Waals surface area contributed by atoms with Crippen molar-refractivity contribution in [1.29, 1.82) is 0 Å². The van der Waals surface area contributed by atoms with E-state index < -0.39 is 0 Å². The predicted octanol–water partition coefficient (Wildman–Crippen LogP) is 3.12. The van der Waals surface area contributed by atoms with Crippen LogP contribution in [-0.4, -0.2) is 22.6 Å². The third-order valence-corrected chi connectivity index (χ3v) is 3.43. The number of hydrogen-bond acceptors (Lipinski definition) is 5. The van der Waals surface area contributed by atoms with Crippen LogP contribution in [0.25, 0.3) is 0 Å². The highest BCUT2D eigenvalue weighted by Crippen LogP contribution is 2.19. The summed E-state index contributed by atoms with van der Waals surface area (Å²) < 4.78 is 0. The number of aromatic nitrogens is 2. The molecule has 4 N–H and O–H groups in total. The van der Waals surface area contributed by atoms with Gasteiger partial charge in [0.25, 0.3) is 0 Å². The van der Waals surface area contributed by atoms with E-state index in [1.165, 1.54) is 0 Å². The summed E-state index contributed by atoms with van der Waals surface area (Å²) in [5.74, 6) is 2.53. The molecule has 0 aromatic carbocycles. The number of nitrogens with two attached hydrogens (primary N) is 1. The van der Waals surface area contributed by atoms with Crippen LogP contribution < -0.4 is 16.4 Å². The van der Waals surface area contributed by atoms with Gasteiger partial charge < -0.3 is 16.4 Å². The van der Waals surface area contributed by atoms with Gasteiger partial charge in [-0.05, 0) is 19.3 Å². The van der Waals surface area contributed by atoms with Crippen molar-refractivity contribution in [3.63, 3.8) is 0 Å². The Morgan fingerprint density at radius 1 is 1.16 bits per heavy atom. The second kappa shape index (κ2) is 7.81.